The Morgan fingerprint density at radius 1 is 1.43 bits per heavy atom. The summed E-state index contributed by atoms with van der Waals surface area (Å²) in [6.07, 6.45) is 1.68. The van der Waals surface area contributed by atoms with Crippen LogP contribution in [0.25, 0.3) is 0 Å². The van der Waals surface area contributed by atoms with E-state index in [1.807, 2.05) is 0 Å². The molecule has 1 unspecified atom stereocenters. The Morgan fingerprint density at radius 2 is 2.07 bits per heavy atom. The summed E-state index contributed by atoms with van der Waals surface area (Å²) in [6.45, 7) is 3.79. The van der Waals surface area contributed by atoms with E-state index < -0.39 is 6.10 Å². The number of halogens is 1. The van der Waals surface area contributed by atoms with Crippen molar-refractivity contribution in [2.45, 2.75) is 32.8 Å². The molecule has 1 aliphatic carbocycles. The Labute approximate surface area is 83.6 Å². The zero-order chi connectivity index (χ0) is 10.3. The minimum atomic E-state index is -0.443. The maximum Gasteiger partial charge on any atom is 0.126 e. The van der Waals surface area contributed by atoms with E-state index in [1.165, 1.54) is 6.07 Å². The number of rotatable bonds is 2. The summed E-state index contributed by atoms with van der Waals surface area (Å²) in [4.78, 5) is 0. The van der Waals surface area contributed by atoms with Gasteiger partial charge < -0.3 is 5.11 Å². The van der Waals surface area contributed by atoms with E-state index >= 15 is 0 Å². The summed E-state index contributed by atoms with van der Waals surface area (Å²) in [6, 6.07) is 4.85. The number of aryl methyl sites for hydroxylation is 1. The third-order valence-electron chi connectivity index (χ3n) is 3.20. The Morgan fingerprint density at radius 3 is 2.57 bits per heavy atom. The maximum absolute atomic E-state index is 13.0. The largest absolute Gasteiger partial charge is 0.388 e. The molecule has 1 saturated carbocycles. The van der Waals surface area contributed by atoms with Gasteiger partial charge in [0.2, 0.25) is 0 Å². The highest BCUT2D eigenvalue weighted by atomic mass is 19.1. The standard InChI is InChI=1S/C12H15FO/c1-8-7-9(3-4-10(8)13)11(14)12(2)5-6-12/h3-4,7,11,14H,5-6H2,1-2H3. The number of hydrogen-bond acceptors (Lipinski definition) is 1. The minimum absolute atomic E-state index is 0.0320. The average molecular weight is 194 g/mol. The van der Waals surface area contributed by atoms with Crippen molar-refractivity contribution in [2.75, 3.05) is 0 Å². The first kappa shape index (κ1) is 9.66. The molecule has 1 fully saturated rings. The Hall–Kier alpha value is -0.890. The number of benzene rings is 1. The number of hydrogen-bond donors (Lipinski definition) is 1. The van der Waals surface area contributed by atoms with Gasteiger partial charge in [-0.15, -0.1) is 0 Å². The van der Waals surface area contributed by atoms with Crippen molar-refractivity contribution in [2.24, 2.45) is 5.41 Å². The highest BCUT2D eigenvalue weighted by molar-refractivity contribution is 5.27. The summed E-state index contributed by atoms with van der Waals surface area (Å²) in [5, 5.41) is 10.0. The van der Waals surface area contributed by atoms with E-state index in [0.717, 1.165) is 18.4 Å². The molecule has 1 aromatic rings. The molecule has 1 atom stereocenters. The fourth-order valence-electron chi connectivity index (χ4n) is 1.71. The molecule has 0 bridgehead atoms. The van der Waals surface area contributed by atoms with Crippen LogP contribution in [0.1, 0.15) is 37.0 Å². The average Bonchev–Trinajstić information content (AvgIpc) is 2.89. The molecule has 2 heteroatoms. The molecule has 1 aliphatic rings. The zero-order valence-corrected chi connectivity index (χ0v) is 8.55. The monoisotopic (exact) mass is 194 g/mol. The predicted molar refractivity (Wildman–Crippen MR) is 53.4 cm³/mol. The molecule has 2 rings (SSSR count). The van der Waals surface area contributed by atoms with Gasteiger partial charge in [0.15, 0.2) is 0 Å². The minimum Gasteiger partial charge on any atom is -0.388 e. The quantitative estimate of drug-likeness (QED) is 0.767. The van der Waals surface area contributed by atoms with Crippen LogP contribution in [0.15, 0.2) is 18.2 Å². The Bertz CT molecular complexity index is 355. The number of aliphatic hydroxyl groups is 1. The third kappa shape index (κ3) is 1.55. The van der Waals surface area contributed by atoms with Gasteiger partial charge in [-0.05, 0) is 42.4 Å². The molecule has 0 radical (unpaired) electrons. The van der Waals surface area contributed by atoms with Crippen LogP contribution in [0.4, 0.5) is 4.39 Å². The topological polar surface area (TPSA) is 20.2 Å². The first-order chi connectivity index (χ1) is 6.53. The smallest absolute Gasteiger partial charge is 0.126 e. The lowest BCUT2D eigenvalue weighted by molar-refractivity contribution is 0.103. The van der Waals surface area contributed by atoms with Crippen molar-refractivity contribution >= 4 is 0 Å². The zero-order valence-electron chi connectivity index (χ0n) is 8.55. The molecule has 0 spiro atoms. The molecular weight excluding hydrogens is 179 g/mol. The van der Waals surface area contributed by atoms with Crippen molar-refractivity contribution in [1.82, 2.24) is 0 Å². The van der Waals surface area contributed by atoms with E-state index in [2.05, 4.69) is 6.92 Å². The molecule has 1 nitrogen and oxygen atoms in total. The lowest BCUT2D eigenvalue weighted by atomic mass is 9.94. The van der Waals surface area contributed by atoms with Crippen LogP contribution in [-0.2, 0) is 0 Å². The first-order valence-electron chi connectivity index (χ1n) is 4.97. The van der Waals surface area contributed by atoms with Crippen molar-refractivity contribution in [3.8, 4) is 0 Å². The first-order valence-corrected chi connectivity index (χ1v) is 4.97. The van der Waals surface area contributed by atoms with E-state index in [-0.39, 0.29) is 11.2 Å². The van der Waals surface area contributed by atoms with Gasteiger partial charge in [0, 0.05) is 0 Å². The summed E-state index contributed by atoms with van der Waals surface area (Å²) in [7, 11) is 0. The third-order valence-corrected chi connectivity index (χ3v) is 3.20. The molecule has 0 amide bonds. The van der Waals surface area contributed by atoms with Crippen LogP contribution >= 0.6 is 0 Å². The SMILES string of the molecule is Cc1cc(C(O)C2(C)CC2)ccc1F. The normalized spacial score (nSPS) is 20.6. The van der Waals surface area contributed by atoms with Crippen molar-refractivity contribution < 1.29 is 9.50 Å². The molecule has 14 heavy (non-hydrogen) atoms. The van der Waals surface area contributed by atoms with Crippen molar-refractivity contribution in [3.63, 3.8) is 0 Å². The Balaban J connectivity index is 2.28. The second-order valence-corrected chi connectivity index (χ2v) is 4.57. The predicted octanol–water partition coefficient (Wildman–Crippen LogP) is 2.97. The molecular formula is C12H15FO. The molecule has 0 aromatic heterocycles. The van der Waals surface area contributed by atoms with Crippen LogP contribution in [-0.4, -0.2) is 5.11 Å². The summed E-state index contributed by atoms with van der Waals surface area (Å²) in [5.41, 5.74) is 1.47. The highest BCUT2D eigenvalue weighted by Crippen LogP contribution is 2.54. The second-order valence-electron chi connectivity index (χ2n) is 4.57. The van der Waals surface area contributed by atoms with Crippen molar-refractivity contribution in [1.29, 1.82) is 0 Å². The molecule has 0 aliphatic heterocycles. The fraction of sp³-hybridized carbons (Fsp3) is 0.500. The van der Waals surface area contributed by atoms with E-state index in [0.29, 0.717) is 5.56 Å². The number of aliphatic hydroxyl groups excluding tert-OH is 1. The lowest BCUT2D eigenvalue weighted by Crippen LogP contribution is -2.09. The van der Waals surface area contributed by atoms with Crippen LogP contribution in [0.5, 0.6) is 0 Å². The highest BCUT2D eigenvalue weighted by Gasteiger charge is 2.44. The molecule has 1 N–H and O–H groups in total. The van der Waals surface area contributed by atoms with E-state index in [4.69, 9.17) is 0 Å². The maximum atomic E-state index is 13.0. The second kappa shape index (κ2) is 3.06. The van der Waals surface area contributed by atoms with E-state index in [9.17, 15) is 9.50 Å². The summed E-state index contributed by atoms with van der Waals surface area (Å²) < 4.78 is 13.0. The molecule has 76 valence electrons. The van der Waals surface area contributed by atoms with E-state index in [1.54, 1.807) is 19.1 Å². The summed E-state index contributed by atoms with van der Waals surface area (Å²) in [5.74, 6) is -0.207. The van der Waals surface area contributed by atoms with Gasteiger partial charge in [0.25, 0.3) is 0 Å². The molecule has 0 heterocycles. The van der Waals surface area contributed by atoms with Crippen LogP contribution in [0, 0.1) is 18.2 Å². The van der Waals surface area contributed by atoms with Gasteiger partial charge in [0.05, 0.1) is 6.10 Å². The van der Waals surface area contributed by atoms with Gasteiger partial charge in [-0.1, -0.05) is 19.1 Å². The van der Waals surface area contributed by atoms with Crippen LogP contribution in [0.2, 0.25) is 0 Å². The molecule has 0 saturated heterocycles. The van der Waals surface area contributed by atoms with Gasteiger partial charge >= 0.3 is 0 Å². The van der Waals surface area contributed by atoms with Gasteiger partial charge in [-0.2, -0.15) is 0 Å². The van der Waals surface area contributed by atoms with Gasteiger partial charge in [-0.25, -0.2) is 4.39 Å². The summed E-state index contributed by atoms with van der Waals surface area (Å²) >= 11 is 0. The Kier molecular flexibility index (Phi) is 2.11. The van der Waals surface area contributed by atoms with Crippen LogP contribution < -0.4 is 0 Å². The molecule has 1 aromatic carbocycles. The van der Waals surface area contributed by atoms with Crippen LogP contribution in [0.3, 0.4) is 0 Å². The lowest BCUT2D eigenvalue weighted by Gasteiger charge is -2.18. The van der Waals surface area contributed by atoms with Gasteiger partial charge in [0.1, 0.15) is 5.82 Å². The van der Waals surface area contributed by atoms with Gasteiger partial charge in [-0.3, -0.25) is 0 Å². The van der Waals surface area contributed by atoms with Crippen molar-refractivity contribution in [3.05, 3.63) is 35.1 Å². The fourth-order valence-corrected chi connectivity index (χ4v) is 1.71.